The minimum absolute atomic E-state index is 0.0672. The molecule has 0 saturated carbocycles. The Morgan fingerprint density at radius 1 is 1.27 bits per heavy atom. The van der Waals surface area contributed by atoms with Crippen LogP contribution in [0.1, 0.15) is 0 Å². The molecule has 0 saturated heterocycles. The third-order valence-electron chi connectivity index (χ3n) is 2.03. The zero-order chi connectivity index (χ0) is 10.8. The van der Waals surface area contributed by atoms with Crippen molar-refractivity contribution in [3.8, 4) is 11.3 Å². The zero-order valence-electron chi connectivity index (χ0n) is 7.74. The predicted octanol–water partition coefficient (Wildman–Crippen LogP) is 3.12. The van der Waals surface area contributed by atoms with Crippen molar-refractivity contribution in [2.75, 3.05) is 5.73 Å². The van der Waals surface area contributed by atoms with Gasteiger partial charge in [-0.25, -0.2) is 4.39 Å². The van der Waals surface area contributed by atoms with Crippen molar-refractivity contribution in [2.24, 2.45) is 0 Å². The molecular formula is C11H8ClFN2. The van der Waals surface area contributed by atoms with Gasteiger partial charge in [0.2, 0.25) is 0 Å². The number of pyridine rings is 1. The largest absolute Gasteiger partial charge is 0.397 e. The van der Waals surface area contributed by atoms with Crippen molar-refractivity contribution in [3.63, 3.8) is 0 Å². The summed E-state index contributed by atoms with van der Waals surface area (Å²) in [5.41, 5.74) is 7.60. The van der Waals surface area contributed by atoms with Crippen molar-refractivity contribution in [1.29, 1.82) is 0 Å². The number of hydrogen-bond acceptors (Lipinski definition) is 2. The molecule has 0 aliphatic heterocycles. The molecule has 0 aliphatic rings. The van der Waals surface area contributed by atoms with Crippen LogP contribution in [0.25, 0.3) is 11.3 Å². The highest BCUT2D eigenvalue weighted by atomic mass is 35.5. The topological polar surface area (TPSA) is 38.9 Å². The second kappa shape index (κ2) is 3.87. The van der Waals surface area contributed by atoms with Crippen LogP contribution < -0.4 is 5.73 Å². The monoisotopic (exact) mass is 222 g/mol. The van der Waals surface area contributed by atoms with Crippen molar-refractivity contribution in [1.82, 2.24) is 4.98 Å². The molecule has 0 bridgehead atoms. The van der Waals surface area contributed by atoms with Crippen molar-refractivity contribution < 1.29 is 4.39 Å². The quantitative estimate of drug-likeness (QED) is 0.805. The summed E-state index contributed by atoms with van der Waals surface area (Å²) in [6.07, 6.45) is 1.63. The van der Waals surface area contributed by atoms with Gasteiger partial charge < -0.3 is 5.73 Å². The minimum atomic E-state index is -0.449. The van der Waals surface area contributed by atoms with Gasteiger partial charge in [-0.15, -0.1) is 0 Å². The summed E-state index contributed by atoms with van der Waals surface area (Å²) in [6.45, 7) is 0. The number of rotatable bonds is 1. The summed E-state index contributed by atoms with van der Waals surface area (Å²) >= 11 is 5.67. The molecule has 0 spiro atoms. The Kier molecular flexibility index (Phi) is 2.56. The Morgan fingerprint density at radius 3 is 2.73 bits per heavy atom. The highest BCUT2D eigenvalue weighted by Gasteiger charge is 2.06. The first kappa shape index (κ1) is 9.93. The van der Waals surface area contributed by atoms with Gasteiger partial charge in [-0.2, -0.15) is 0 Å². The van der Waals surface area contributed by atoms with Gasteiger partial charge in [0.1, 0.15) is 5.82 Å². The Bertz CT molecular complexity index is 500. The molecule has 0 amide bonds. The molecule has 76 valence electrons. The Labute approximate surface area is 91.5 Å². The smallest absolute Gasteiger partial charge is 0.141 e. The molecule has 15 heavy (non-hydrogen) atoms. The number of hydrogen-bond donors (Lipinski definition) is 1. The van der Waals surface area contributed by atoms with Gasteiger partial charge in [0, 0.05) is 11.8 Å². The number of aromatic nitrogens is 1. The second-order valence-electron chi connectivity index (χ2n) is 3.07. The molecule has 0 fully saturated rings. The normalized spacial score (nSPS) is 10.3. The van der Waals surface area contributed by atoms with E-state index < -0.39 is 5.82 Å². The van der Waals surface area contributed by atoms with Gasteiger partial charge in [0.05, 0.1) is 16.4 Å². The van der Waals surface area contributed by atoms with E-state index in [4.69, 9.17) is 17.3 Å². The van der Waals surface area contributed by atoms with Crippen molar-refractivity contribution >= 4 is 17.3 Å². The van der Waals surface area contributed by atoms with Gasteiger partial charge >= 0.3 is 0 Å². The predicted molar refractivity (Wildman–Crippen MR) is 59.1 cm³/mol. The van der Waals surface area contributed by atoms with E-state index in [2.05, 4.69) is 4.98 Å². The average Bonchev–Trinajstić information content (AvgIpc) is 2.23. The van der Waals surface area contributed by atoms with Gasteiger partial charge in [0.15, 0.2) is 0 Å². The molecule has 1 aromatic heterocycles. The number of halogens is 2. The molecule has 0 unspecified atom stereocenters. The van der Waals surface area contributed by atoms with Crippen LogP contribution in [0.3, 0.4) is 0 Å². The maximum Gasteiger partial charge on any atom is 0.141 e. The van der Waals surface area contributed by atoms with E-state index >= 15 is 0 Å². The Morgan fingerprint density at radius 2 is 2.07 bits per heavy atom. The Hall–Kier alpha value is -1.61. The van der Waals surface area contributed by atoms with E-state index in [0.29, 0.717) is 16.9 Å². The van der Waals surface area contributed by atoms with E-state index in [0.717, 1.165) is 0 Å². The SMILES string of the molecule is Nc1cccnc1-c1ccc(F)c(Cl)c1. The molecule has 0 aliphatic carbocycles. The van der Waals surface area contributed by atoms with Crippen LogP contribution in [0.4, 0.5) is 10.1 Å². The molecule has 0 radical (unpaired) electrons. The van der Waals surface area contributed by atoms with E-state index in [1.807, 2.05) is 0 Å². The highest BCUT2D eigenvalue weighted by molar-refractivity contribution is 6.31. The maximum absolute atomic E-state index is 12.9. The molecule has 2 N–H and O–H groups in total. The Balaban J connectivity index is 2.55. The molecule has 1 heterocycles. The summed E-state index contributed by atoms with van der Waals surface area (Å²) in [5, 5.41) is 0.0672. The van der Waals surface area contributed by atoms with Gasteiger partial charge in [-0.05, 0) is 30.3 Å². The van der Waals surface area contributed by atoms with E-state index in [1.54, 1.807) is 24.4 Å². The fourth-order valence-corrected chi connectivity index (χ4v) is 1.48. The first-order valence-electron chi connectivity index (χ1n) is 4.34. The molecule has 1 aromatic carbocycles. The van der Waals surface area contributed by atoms with Crippen LogP contribution in [0.5, 0.6) is 0 Å². The van der Waals surface area contributed by atoms with E-state index in [9.17, 15) is 4.39 Å². The summed E-state index contributed by atoms with van der Waals surface area (Å²) in [6, 6.07) is 7.88. The van der Waals surface area contributed by atoms with Crippen LogP contribution in [-0.4, -0.2) is 4.98 Å². The van der Waals surface area contributed by atoms with Gasteiger partial charge in [-0.3, -0.25) is 4.98 Å². The lowest BCUT2D eigenvalue weighted by atomic mass is 10.1. The summed E-state index contributed by atoms with van der Waals surface area (Å²) in [5.74, 6) is -0.449. The number of benzene rings is 1. The zero-order valence-corrected chi connectivity index (χ0v) is 8.50. The molecule has 2 rings (SSSR count). The third kappa shape index (κ3) is 1.92. The standard InChI is InChI=1S/C11H8ClFN2/c12-8-6-7(3-4-9(8)13)11-10(14)2-1-5-15-11/h1-6H,14H2. The average molecular weight is 223 g/mol. The fourth-order valence-electron chi connectivity index (χ4n) is 1.30. The maximum atomic E-state index is 12.9. The van der Waals surface area contributed by atoms with Crippen molar-refractivity contribution in [2.45, 2.75) is 0 Å². The van der Waals surface area contributed by atoms with Gasteiger partial charge in [-0.1, -0.05) is 11.6 Å². The molecule has 4 heteroatoms. The first-order valence-corrected chi connectivity index (χ1v) is 4.72. The van der Waals surface area contributed by atoms with Crippen LogP contribution in [0.15, 0.2) is 36.5 Å². The van der Waals surface area contributed by atoms with Crippen LogP contribution in [-0.2, 0) is 0 Å². The molecule has 2 nitrogen and oxygen atoms in total. The number of anilines is 1. The summed E-state index contributed by atoms with van der Waals surface area (Å²) in [7, 11) is 0. The van der Waals surface area contributed by atoms with Crippen molar-refractivity contribution in [3.05, 3.63) is 47.4 Å². The number of nitrogen functional groups attached to an aromatic ring is 1. The second-order valence-corrected chi connectivity index (χ2v) is 3.48. The number of nitrogens with two attached hydrogens (primary N) is 1. The summed E-state index contributed by atoms with van der Waals surface area (Å²) in [4.78, 5) is 4.11. The molecule has 2 aromatic rings. The summed E-state index contributed by atoms with van der Waals surface area (Å²) < 4.78 is 12.9. The lowest BCUT2D eigenvalue weighted by Crippen LogP contribution is -1.92. The van der Waals surface area contributed by atoms with Gasteiger partial charge in [0.25, 0.3) is 0 Å². The fraction of sp³-hybridized carbons (Fsp3) is 0. The van der Waals surface area contributed by atoms with E-state index in [1.165, 1.54) is 12.1 Å². The third-order valence-corrected chi connectivity index (χ3v) is 2.32. The highest BCUT2D eigenvalue weighted by Crippen LogP contribution is 2.26. The van der Waals surface area contributed by atoms with Crippen LogP contribution in [0.2, 0.25) is 5.02 Å². The minimum Gasteiger partial charge on any atom is -0.397 e. The lowest BCUT2D eigenvalue weighted by Gasteiger charge is -2.04. The lowest BCUT2D eigenvalue weighted by molar-refractivity contribution is 0.628. The van der Waals surface area contributed by atoms with Crippen LogP contribution in [0, 0.1) is 5.82 Å². The van der Waals surface area contributed by atoms with Crippen LogP contribution >= 0.6 is 11.6 Å². The molecule has 0 atom stereocenters. The number of nitrogens with zero attached hydrogens (tertiary/aromatic N) is 1. The van der Waals surface area contributed by atoms with E-state index in [-0.39, 0.29) is 5.02 Å². The molecular weight excluding hydrogens is 215 g/mol. The first-order chi connectivity index (χ1) is 7.18.